The Labute approximate surface area is 131 Å². The van der Waals surface area contributed by atoms with Crippen LogP contribution in [0, 0.1) is 23.2 Å². The van der Waals surface area contributed by atoms with Crippen molar-refractivity contribution >= 4 is 0 Å². The van der Waals surface area contributed by atoms with Gasteiger partial charge in [-0.25, -0.2) is 0 Å². The highest BCUT2D eigenvalue weighted by atomic mass is 15.2. The number of fused-ring (bicyclic) bond motifs is 1. The Morgan fingerprint density at radius 2 is 2.09 bits per heavy atom. The molecule has 1 aromatic carbocycles. The molecular weight excluding hydrogens is 270 g/mol. The van der Waals surface area contributed by atoms with Crippen LogP contribution in [0.2, 0.25) is 0 Å². The van der Waals surface area contributed by atoms with Crippen LogP contribution < -0.4 is 0 Å². The van der Waals surface area contributed by atoms with Crippen LogP contribution in [0.3, 0.4) is 0 Å². The Morgan fingerprint density at radius 1 is 1.32 bits per heavy atom. The predicted octanol–water partition coefficient (Wildman–Crippen LogP) is 3.47. The van der Waals surface area contributed by atoms with Crippen molar-refractivity contribution in [2.45, 2.75) is 38.9 Å². The molecule has 3 heteroatoms. The molecule has 0 bridgehead atoms. The van der Waals surface area contributed by atoms with Gasteiger partial charge in [-0.1, -0.05) is 37.3 Å². The fraction of sp³-hybridized carbons (Fsp3) is 0.421. The van der Waals surface area contributed by atoms with E-state index in [0.717, 1.165) is 36.9 Å². The summed E-state index contributed by atoms with van der Waals surface area (Å²) in [6.45, 7) is 4.28. The Bertz CT molecular complexity index is 710. The molecule has 2 heterocycles. The van der Waals surface area contributed by atoms with Gasteiger partial charge in [0.15, 0.2) is 0 Å². The number of hydrogen-bond donors (Lipinski definition) is 1. The Kier molecular flexibility index (Phi) is 3.28. The summed E-state index contributed by atoms with van der Waals surface area (Å²) in [5, 5.41) is 9.29. The lowest BCUT2D eigenvalue weighted by molar-refractivity contribution is 0.138. The van der Waals surface area contributed by atoms with Gasteiger partial charge >= 0.3 is 0 Å². The predicted molar refractivity (Wildman–Crippen MR) is 86.0 cm³/mol. The molecule has 0 radical (unpaired) electrons. The SMILES string of the molecule is CC1C[C@@H]1C1Cc2c(C#N)c[nH]c2CN1Cc1ccccc1. The molecule has 2 aromatic rings. The van der Waals surface area contributed by atoms with E-state index in [2.05, 4.69) is 53.2 Å². The topological polar surface area (TPSA) is 42.8 Å². The first-order valence-corrected chi connectivity index (χ1v) is 8.13. The van der Waals surface area contributed by atoms with Gasteiger partial charge in [0.1, 0.15) is 6.07 Å². The van der Waals surface area contributed by atoms with Crippen molar-refractivity contribution in [3.63, 3.8) is 0 Å². The van der Waals surface area contributed by atoms with Crippen molar-refractivity contribution in [3.05, 3.63) is 58.9 Å². The summed E-state index contributed by atoms with van der Waals surface area (Å²) in [6.07, 6.45) is 4.23. The number of aromatic nitrogens is 1. The lowest BCUT2D eigenvalue weighted by Gasteiger charge is -2.36. The van der Waals surface area contributed by atoms with Crippen LogP contribution in [0.5, 0.6) is 0 Å². The third-order valence-corrected chi connectivity index (χ3v) is 5.34. The second-order valence-corrected chi connectivity index (χ2v) is 6.81. The van der Waals surface area contributed by atoms with E-state index in [1.165, 1.54) is 23.2 Å². The number of nitrogens with one attached hydrogen (secondary N) is 1. The molecule has 1 saturated carbocycles. The van der Waals surface area contributed by atoms with Crippen molar-refractivity contribution in [1.29, 1.82) is 5.26 Å². The van der Waals surface area contributed by atoms with E-state index >= 15 is 0 Å². The van der Waals surface area contributed by atoms with Gasteiger partial charge in [0.25, 0.3) is 0 Å². The molecule has 112 valence electrons. The number of hydrogen-bond acceptors (Lipinski definition) is 2. The van der Waals surface area contributed by atoms with Crippen molar-refractivity contribution in [2.24, 2.45) is 11.8 Å². The quantitative estimate of drug-likeness (QED) is 0.941. The zero-order chi connectivity index (χ0) is 15.1. The lowest BCUT2D eigenvalue weighted by atomic mass is 9.92. The first-order valence-electron chi connectivity index (χ1n) is 8.13. The Balaban J connectivity index is 1.63. The van der Waals surface area contributed by atoms with Gasteiger partial charge in [-0.15, -0.1) is 0 Å². The smallest absolute Gasteiger partial charge is 0.101 e. The minimum Gasteiger partial charge on any atom is -0.362 e. The summed E-state index contributed by atoms with van der Waals surface area (Å²) in [6, 6.07) is 13.6. The first kappa shape index (κ1) is 13.6. The van der Waals surface area contributed by atoms with Gasteiger partial charge in [0.05, 0.1) is 5.56 Å². The summed E-state index contributed by atoms with van der Waals surface area (Å²) in [5.41, 5.74) is 4.71. The number of nitriles is 1. The minimum absolute atomic E-state index is 0.575. The zero-order valence-electron chi connectivity index (χ0n) is 12.9. The fourth-order valence-electron chi connectivity index (χ4n) is 3.93. The monoisotopic (exact) mass is 291 g/mol. The van der Waals surface area contributed by atoms with E-state index in [9.17, 15) is 5.26 Å². The zero-order valence-corrected chi connectivity index (χ0v) is 12.9. The lowest BCUT2D eigenvalue weighted by Crippen LogP contribution is -2.41. The fourth-order valence-corrected chi connectivity index (χ4v) is 3.93. The Hall–Kier alpha value is -2.05. The molecule has 1 aliphatic carbocycles. The van der Waals surface area contributed by atoms with Crippen LogP contribution >= 0.6 is 0 Å². The van der Waals surface area contributed by atoms with E-state index in [0.29, 0.717) is 6.04 Å². The summed E-state index contributed by atoms with van der Waals surface area (Å²) >= 11 is 0. The molecule has 0 spiro atoms. The molecular formula is C19H21N3. The van der Waals surface area contributed by atoms with Gasteiger partial charge in [-0.3, -0.25) is 4.90 Å². The molecule has 3 nitrogen and oxygen atoms in total. The second-order valence-electron chi connectivity index (χ2n) is 6.81. The molecule has 0 amide bonds. The molecule has 1 aromatic heterocycles. The third kappa shape index (κ3) is 2.34. The highest BCUT2D eigenvalue weighted by Crippen LogP contribution is 2.46. The maximum absolute atomic E-state index is 9.29. The van der Waals surface area contributed by atoms with E-state index in [1.54, 1.807) is 0 Å². The van der Waals surface area contributed by atoms with Crippen LogP contribution in [0.4, 0.5) is 0 Å². The van der Waals surface area contributed by atoms with Crippen LogP contribution in [0.15, 0.2) is 36.5 Å². The maximum atomic E-state index is 9.29. The van der Waals surface area contributed by atoms with Crippen molar-refractivity contribution < 1.29 is 0 Å². The average Bonchev–Trinajstić information content (AvgIpc) is 3.13. The average molecular weight is 291 g/mol. The molecule has 1 fully saturated rings. The number of benzene rings is 1. The first-order chi connectivity index (χ1) is 10.8. The summed E-state index contributed by atoms with van der Waals surface area (Å²) < 4.78 is 0. The molecule has 3 atom stereocenters. The highest BCUT2D eigenvalue weighted by Gasteiger charge is 2.44. The minimum atomic E-state index is 0.575. The number of aromatic amines is 1. The van der Waals surface area contributed by atoms with Crippen LogP contribution in [0.1, 0.15) is 35.7 Å². The molecule has 0 saturated heterocycles. The van der Waals surface area contributed by atoms with Crippen LogP contribution in [0.25, 0.3) is 0 Å². The summed E-state index contributed by atoms with van der Waals surface area (Å²) in [4.78, 5) is 5.92. The van der Waals surface area contributed by atoms with Crippen molar-refractivity contribution in [3.8, 4) is 6.07 Å². The summed E-state index contributed by atoms with van der Waals surface area (Å²) in [7, 11) is 0. The molecule has 4 rings (SSSR count). The molecule has 22 heavy (non-hydrogen) atoms. The standard InChI is InChI=1S/C19H21N3/c1-13-7-16(13)19-8-17-15(9-20)10-21-18(17)12-22(19)11-14-5-3-2-4-6-14/h2-6,10,13,16,19,21H,7-8,11-12H2,1H3/t13?,16-,19?/m0/s1. The third-order valence-electron chi connectivity index (χ3n) is 5.34. The van der Waals surface area contributed by atoms with E-state index < -0.39 is 0 Å². The van der Waals surface area contributed by atoms with Gasteiger partial charge in [0, 0.05) is 31.0 Å². The van der Waals surface area contributed by atoms with Crippen LogP contribution in [-0.2, 0) is 19.5 Å². The molecule has 2 unspecified atom stereocenters. The number of nitrogens with zero attached hydrogens (tertiary/aromatic N) is 2. The van der Waals surface area contributed by atoms with Crippen molar-refractivity contribution in [2.75, 3.05) is 0 Å². The van der Waals surface area contributed by atoms with E-state index in [4.69, 9.17) is 0 Å². The number of rotatable bonds is 3. The maximum Gasteiger partial charge on any atom is 0.101 e. The second kappa shape index (κ2) is 5.30. The number of H-pyrrole nitrogens is 1. The molecule has 1 N–H and O–H groups in total. The Morgan fingerprint density at radius 3 is 2.77 bits per heavy atom. The van der Waals surface area contributed by atoms with Gasteiger partial charge in [-0.05, 0) is 35.8 Å². The van der Waals surface area contributed by atoms with Gasteiger partial charge in [0.2, 0.25) is 0 Å². The van der Waals surface area contributed by atoms with Crippen molar-refractivity contribution in [1.82, 2.24) is 9.88 Å². The van der Waals surface area contributed by atoms with Crippen LogP contribution in [-0.4, -0.2) is 15.9 Å². The summed E-state index contributed by atoms with van der Waals surface area (Å²) in [5.74, 6) is 1.62. The van der Waals surface area contributed by atoms with Gasteiger partial charge < -0.3 is 4.98 Å². The normalized spacial score (nSPS) is 27.2. The van der Waals surface area contributed by atoms with E-state index in [-0.39, 0.29) is 0 Å². The molecule has 2 aliphatic rings. The van der Waals surface area contributed by atoms with Gasteiger partial charge in [-0.2, -0.15) is 5.26 Å². The highest BCUT2D eigenvalue weighted by molar-refractivity contribution is 5.42. The molecule has 1 aliphatic heterocycles. The van der Waals surface area contributed by atoms with E-state index in [1.807, 2.05) is 6.20 Å². The largest absolute Gasteiger partial charge is 0.362 e.